The van der Waals surface area contributed by atoms with Crippen LogP contribution in [0.2, 0.25) is 0 Å². The first-order valence-corrected chi connectivity index (χ1v) is 8.05. The first kappa shape index (κ1) is 13.9. The number of aromatic nitrogens is 1. The average molecular weight is 274 g/mol. The molecule has 3 heteroatoms. The topological polar surface area (TPSA) is 36.4 Å². The molecule has 110 valence electrons. The molecule has 2 fully saturated rings. The molecule has 1 aromatic rings. The van der Waals surface area contributed by atoms with Crippen LogP contribution in [0.4, 0.5) is 5.82 Å². The van der Waals surface area contributed by atoms with Gasteiger partial charge in [-0.3, -0.25) is 0 Å². The Labute approximate surface area is 122 Å². The highest BCUT2D eigenvalue weighted by atomic mass is 16.3. The minimum Gasteiger partial charge on any atom is -0.392 e. The predicted octanol–water partition coefficient (Wildman–Crippen LogP) is 3.35. The highest BCUT2D eigenvalue weighted by molar-refractivity contribution is 5.52. The van der Waals surface area contributed by atoms with Gasteiger partial charge in [-0.1, -0.05) is 12.8 Å². The molecule has 1 N–H and O–H groups in total. The van der Waals surface area contributed by atoms with Crippen molar-refractivity contribution in [3.63, 3.8) is 0 Å². The summed E-state index contributed by atoms with van der Waals surface area (Å²) in [7, 11) is 0. The van der Waals surface area contributed by atoms with Crippen molar-refractivity contribution in [2.75, 3.05) is 11.4 Å². The average Bonchev–Trinajstić information content (AvgIpc) is 2.46. The first-order chi connectivity index (χ1) is 9.70. The standard InChI is InChI=1S/C17H26N2O/c1-12-10-13(2)18-17(15(12)11-20)19-9-5-7-14-6-3-4-8-16(14)19/h10,14,16,20H,3-9,11H2,1-2H3/t14-,16-/m1/s1. The predicted molar refractivity (Wildman–Crippen MR) is 82.0 cm³/mol. The lowest BCUT2D eigenvalue weighted by Gasteiger charge is -2.45. The van der Waals surface area contributed by atoms with Gasteiger partial charge in [-0.05, 0) is 57.1 Å². The van der Waals surface area contributed by atoms with E-state index in [2.05, 4.69) is 24.8 Å². The van der Waals surface area contributed by atoms with Gasteiger partial charge in [0.2, 0.25) is 0 Å². The van der Waals surface area contributed by atoms with E-state index in [-0.39, 0.29) is 6.61 Å². The van der Waals surface area contributed by atoms with Crippen molar-refractivity contribution < 1.29 is 5.11 Å². The zero-order valence-electron chi connectivity index (χ0n) is 12.7. The second-order valence-electron chi connectivity index (χ2n) is 6.49. The maximum absolute atomic E-state index is 9.75. The number of rotatable bonds is 2. The van der Waals surface area contributed by atoms with Gasteiger partial charge < -0.3 is 10.0 Å². The van der Waals surface area contributed by atoms with E-state index in [1.807, 2.05) is 0 Å². The molecule has 0 aromatic carbocycles. The molecule has 20 heavy (non-hydrogen) atoms. The largest absolute Gasteiger partial charge is 0.392 e. The van der Waals surface area contributed by atoms with Crippen molar-refractivity contribution in [3.8, 4) is 0 Å². The molecule has 2 aliphatic rings. The molecule has 1 saturated carbocycles. The summed E-state index contributed by atoms with van der Waals surface area (Å²) < 4.78 is 0. The number of fused-ring (bicyclic) bond motifs is 1. The number of aliphatic hydroxyl groups is 1. The number of anilines is 1. The van der Waals surface area contributed by atoms with Crippen LogP contribution < -0.4 is 4.90 Å². The van der Waals surface area contributed by atoms with E-state index in [0.29, 0.717) is 6.04 Å². The molecule has 0 radical (unpaired) electrons. The second kappa shape index (κ2) is 5.72. The normalized spacial score (nSPS) is 26.4. The molecule has 3 nitrogen and oxygen atoms in total. The molecular weight excluding hydrogens is 248 g/mol. The molecule has 2 atom stereocenters. The van der Waals surface area contributed by atoms with Crippen LogP contribution in [0.15, 0.2) is 6.07 Å². The number of hydrogen-bond donors (Lipinski definition) is 1. The van der Waals surface area contributed by atoms with Crippen LogP contribution in [0.3, 0.4) is 0 Å². The highest BCUT2D eigenvalue weighted by Crippen LogP contribution is 2.38. The molecule has 3 rings (SSSR count). The van der Waals surface area contributed by atoms with E-state index >= 15 is 0 Å². The van der Waals surface area contributed by atoms with E-state index in [1.165, 1.54) is 44.1 Å². The van der Waals surface area contributed by atoms with Crippen LogP contribution in [-0.2, 0) is 6.61 Å². The van der Waals surface area contributed by atoms with E-state index in [4.69, 9.17) is 4.98 Å². The third-order valence-electron chi connectivity index (χ3n) is 5.13. The Hall–Kier alpha value is -1.09. The van der Waals surface area contributed by atoms with Crippen molar-refractivity contribution in [2.45, 2.75) is 65.0 Å². The Bertz CT molecular complexity index is 484. The van der Waals surface area contributed by atoms with E-state index < -0.39 is 0 Å². The summed E-state index contributed by atoms with van der Waals surface area (Å²) >= 11 is 0. The van der Waals surface area contributed by atoms with Crippen molar-refractivity contribution in [2.24, 2.45) is 5.92 Å². The number of nitrogens with zero attached hydrogens (tertiary/aromatic N) is 2. The third kappa shape index (κ3) is 2.44. The molecule has 1 aliphatic carbocycles. The molecule has 0 spiro atoms. The minimum atomic E-state index is 0.0995. The summed E-state index contributed by atoms with van der Waals surface area (Å²) in [5.41, 5.74) is 3.27. The highest BCUT2D eigenvalue weighted by Gasteiger charge is 2.34. The van der Waals surface area contributed by atoms with Crippen molar-refractivity contribution >= 4 is 5.82 Å². The van der Waals surface area contributed by atoms with Crippen LogP contribution in [0, 0.1) is 19.8 Å². The van der Waals surface area contributed by atoms with Crippen LogP contribution in [0.1, 0.15) is 55.3 Å². The maximum atomic E-state index is 9.75. The van der Waals surface area contributed by atoms with Gasteiger partial charge in [-0.2, -0.15) is 0 Å². The summed E-state index contributed by atoms with van der Waals surface area (Å²) in [6.45, 7) is 5.35. The van der Waals surface area contributed by atoms with Crippen LogP contribution in [0.25, 0.3) is 0 Å². The number of aryl methyl sites for hydroxylation is 2. The monoisotopic (exact) mass is 274 g/mol. The lowest BCUT2D eigenvalue weighted by atomic mass is 9.78. The van der Waals surface area contributed by atoms with Crippen molar-refractivity contribution in [1.82, 2.24) is 4.98 Å². The fraction of sp³-hybridized carbons (Fsp3) is 0.706. The van der Waals surface area contributed by atoms with Crippen molar-refractivity contribution in [1.29, 1.82) is 0 Å². The zero-order valence-corrected chi connectivity index (χ0v) is 12.7. The zero-order chi connectivity index (χ0) is 14.1. The van der Waals surface area contributed by atoms with Gasteiger partial charge in [0.1, 0.15) is 5.82 Å². The Balaban J connectivity index is 1.98. The van der Waals surface area contributed by atoms with Gasteiger partial charge in [-0.15, -0.1) is 0 Å². The first-order valence-electron chi connectivity index (χ1n) is 8.05. The molecule has 2 heterocycles. The smallest absolute Gasteiger partial charge is 0.134 e. The summed E-state index contributed by atoms with van der Waals surface area (Å²) in [5, 5.41) is 9.75. The molecule has 1 aromatic heterocycles. The summed E-state index contributed by atoms with van der Waals surface area (Å²) in [4.78, 5) is 7.30. The van der Waals surface area contributed by atoms with Gasteiger partial charge in [0.05, 0.1) is 6.61 Å². The number of piperidine rings is 1. The van der Waals surface area contributed by atoms with Gasteiger partial charge in [-0.25, -0.2) is 4.98 Å². The van der Waals surface area contributed by atoms with E-state index in [9.17, 15) is 5.11 Å². The SMILES string of the molecule is Cc1cc(C)c(CO)c(N2CCC[C@H]3CCCC[C@H]32)n1. The number of pyridine rings is 1. The Morgan fingerprint density at radius 3 is 2.75 bits per heavy atom. The molecule has 1 saturated heterocycles. The molecule has 1 aliphatic heterocycles. The minimum absolute atomic E-state index is 0.0995. The van der Waals surface area contributed by atoms with Gasteiger partial charge in [0.15, 0.2) is 0 Å². The number of aliphatic hydroxyl groups excluding tert-OH is 1. The van der Waals surface area contributed by atoms with E-state index in [1.54, 1.807) is 0 Å². The van der Waals surface area contributed by atoms with Crippen LogP contribution >= 0.6 is 0 Å². The maximum Gasteiger partial charge on any atom is 0.134 e. The third-order valence-corrected chi connectivity index (χ3v) is 5.13. The Morgan fingerprint density at radius 2 is 1.95 bits per heavy atom. The fourth-order valence-electron chi connectivity index (χ4n) is 4.16. The fourth-order valence-corrected chi connectivity index (χ4v) is 4.16. The summed E-state index contributed by atoms with van der Waals surface area (Å²) in [5.74, 6) is 1.90. The quantitative estimate of drug-likeness (QED) is 0.898. The molecule has 0 bridgehead atoms. The second-order valence-corrected chi connectivity index (χ2v) is 6.49. The molecule has 0 unspecified atom stereocenters. The molecule has 0 amide bonds. The van der Waals surface area contributed by atoms with Crippen LogP contribution in [0.5, 0.6) is 0 Å². The number of hydrogen-bond acceptors (Lipinski definition) is 3. The summed E-state index contributed by atoms with van der Waals surface area (Å²) in [6.07, 6.45) is 8.05. The van der Waals surface area contributed by atoms with E-state index in [0.717, 1.165) is 29.5 Å². The molecular formula is C17H26N2O. The Morgan fingerprint density at radius 1 is 1.20 bits per heavy atom. The van der Waals surface area contributed by atoms with Gasteiger partial charge in [0, 0.05) is 23.8 Å². The lowest BCUT2D eigenvalue weighted by Crippen LogP contribution is -2.47. The van der Waals surface area contributed by atoms with Crippen molar-refractivity contribution in [3.05, 3.63) is 22.9 Å². The van der Waals surface area contributed by atoms with Gasteiger partial charge >= 0.3 is 0 Å². The lowest BCUT2D eigenvalue weighted by molar-refractivity contribution is 0.239. The van der Waals surface area contributed by atoms with Gasteiger partial charge in [0.25, 0.3) is 0 Å². The summed E-state index contributed by atoms with van der Waals surface area (Å²) in [6, 6.07) is 2.73. The Kier molecular flexibility index (Phi) is 3.97. The van der Waals surface area contributed by atoms with Crippen LogP contribution in [-0.4, -0.2) is 22.7 Å².